The topological polar surface area (TPSA) is 34.1 Å². The molecule has 2 rings (SSSR count). The van der Waals surface area contributed by atoms with E-state index in [1.165, 1.54) is 6.07 Å². The second kappa shape index (κ2) is 7.58. The van der Waals surface area contributed by atoms with Gasteiger partial charge in [0.1, 0.15) is 5.82 Å². The van der Waals surface area contributed by atoms with Gasteiger partial charge in [-0.2, -0.15) is 0 Å². The van der Waals surface area contributed by atoms with E-state index in [1.807, 2.05) is 6.07 Å². The molecule has 0 bridgehead atoms. The van der Waals surface area contributed by atoms with Gasteiger partial charge in [0, 0.05) is 0 Å². The SMILES string of the molecule is CC(C)S(=O)(=O)CC1CCC(CCc2cccc(F)c2)CC1. The van der Waals surface area contributed by atoms with Crippen LogP contribution in [0.3, 0.4) is 0 Å². The van der Waals surface area contributed by atoms with Crippen molar-refractivity contribution < 1.29 is 12.8 Å². The van der Waals surface area contributed by atoms with Gasteiger partial charge in [0.25, 0.3) is 0 Å². The van der Waals surface area contributed by atoms with Gasteiger partial charge >= 0.3 is 0 Å². The Balaban J connectivity index is 1.76. The first-order valence-electron chi connectivity index (χ1n) is 8.33. The summed E-state index contributed by atoms with van der Waals surface area (Å²) < 4.78 is 37.1. The van der Waals surface area contributed by atoms with Crippen molar-refractivity contribution in [1.29, 1.82) is 0 Å². The summed E-state index contributed by atoms with van der Waals surface area (Å²) >= 11 is 0. The number of hydrogen-bond donors (Lipinski definition) is 0. The van der Waals surface area contributed by atoms with E-state index in [2.05, 4.69) is 0 Å². The zero-order valence-electron chi connectivity index (χ0n) is 13.6. The van der Waals surface area contributed by atoms with Crippen molar-refractivity contribution in [3.8, 4) is 0 Å². The highest BCUT2D eigenvalue weighted by atomic mass is 32.2. The standard InChI is InChI=1S/C18H27FO2S/c1-14(2)22(20,21)13-17-10-7-15(8-11-17)6-9-16-4-3-5-18(19)12-16/h3-5,12,14-15,17H,6-11,13H2,1-2H3. The van der Waals surface area contributed by atoms with E-state index in [4.69, 9.17) is 0 Å². The molecule has 22 heavy (non-hydrogen) atoms. The normalized spacial score (nSPS) is 22.9. The van der Waals surface area contributed by atoms with Crippen molar-refractivity contribution in [1.82, 2.24) is 0 Å². The van der Waals surface area contributed by atoms with Crippen LogP contribution >= 0.6 is 0 Å². The number of aryl methyl sites for hydroxylation is 1. The Kier molecular flexibility index (Phi) is 6.01. The summed E-state index contributed by atoms with van der Waals surface area (Å²) in [7, 11) is -2.92. The lowest BCUT2D eigenvalue weighted by molar-refractivity contribution is 0.278. The minimum atomic E-state index is -2.92. The van der Waals surface area contributed by atoms with Gasteiger partial charge in [0.15, 0.2) is 9.84 Å². The number of hydrogen-bond acceptors (Lipinski definition) is 2. The summed E-state index contributed by atoms with van der Waals surface area (Å²) in [6.07, 6.45) is 6.23. The molecule has 0 spiro atoms. The van der Waals surface area contributed by atoms with Crippen LogP contribution < -0.4 is 0 Å². The largest absolute Gasteiger partial charge is 0.229 e. The highest BCUT2D eigenvalue weighted by molar-refractivity contribution is 7.91. The molecule has 1 saturated carbocycles. The van der Waals surface area contributed by atoms with Crippen molar-refractivity contribution in [2.75, 3.05) is 5.75 Å². The number of halogens is 1. The van der Waals surface area contributed by atoms with Crippen LogP contribution in [0.1, 0.15) is 51.5 Å². The molecule has 0 radical (unpaired) electrons. The fourth-order valence-corrected chi connectivity index (χ4v) is 4.65. The quantitative estimate of drug-likeness (QED) is 0.777. The minimum absolute atomic E-state index is 0.167. The molecule has 0 atom stereocenters. The Hall–Kier alpha value is -0.900. The maximum absolute atomic E-state index is 13.1. The molecule has 0 amide bonds. The molecule has 4 heteroatoms. The average molecular weight is 326 g/mol. The van der Waals surface area contributed by atoms with E-state index in [9.17, 15) is 12.8 Å². The zero-order chi connectivity index (χ0) is 16.2. The fraction of sp³-hybridized carbons (Fsp3) is 0.667. The van der Waals surface area contributed by atoms with E-state index >= 15 is 0 Å². The van der Waals surface area contributed by atoms with Crippen LogP contribution in [-0.2, 0) is 16.3 Å². The Morgan fingerprint density at radius 2 is 1.77 bits per heavy atom. The van der Waals surface area contributed by atoms with Crippen molar-refractivity contribution in [3.63, 3.8) is 0 Å². The van der Waals surface area contributed by atoms with Crippen LogP contribution in [0.15, 0.2) is 24.3 Å². The molecule has 1 fully saturated rings. The van der Waals surface area contributed by atoms with Crippen LogP contribution in [0.5, 0.6) is 0 Å². The second-order valence-electron chi connectivity index (χ2n) is 6.93. The smallest absolute Gasteiger partial charge is 0.152 e. The van der Waals surface area contributed by atoms with Gasteiger partial charge in [0.2, 0.25) is 0 Å². The summed E-state index contributed by atoms with van der Waals surface area (Å²) in [4.78, 5) is 0. The van der Waals surface area contributed by atoms with Crippen LogP contribution in [0.25, 0.3) is 0 Å². The summed E-state index contributed by atoms with van der Waals surface area (Å²) in [5.74, 6) is 1.17. The Bertz CT molecular complexity index is 573. The van der Waals surface area contributed by atoms with Crippen LogP contribution in [0, 0.1) is 17.7 Å². The van der Waals surface area contributed by atoms with Crippen LogP contribution in [0.2, 0.25) is 0 Å². The van der Waals surface area contributed by atoms with Gasteiger partial charge in [0.05, 0.1) is 11.0 Å². The lowest BCUT2D eigenvalue weighted by atomic mass is 9.80. The van der Waals surface area contributed by atoms with Gasteiger partial charge in [-0.3, -0.25) is 0 Å². The van der Waals surface area contributed by atoms with Gasteiger partial charge in [-0.25, -0.2) is 12.8 Å². The van der Waals surface area contributed by atoms with Crippen molar-refractivity contribution in [2.24, 2.45) is 11.8 Å². The Morgan fingerprint density at radius 3 is 2.36 bits per heavy atom. The maximum atomic E-state index is 13.1. The molecule has 1 aliphatic carbocycles. The molecule has 0 heterocycles. The highest BCUT2D eigenvalue weighted by Gasteiger charge is 2.27. The molecule has 0 N–H and O–H groups in total. The van der Waals surface area contributed by atoms with E-state index in [-0.39, 0.29) is 11.1 Å². The molecule has 1 aromatic rings. The Morgan fingerprint density at radius 1 is 1.14 bits per heavy atom. The van der Waals surface area contributed by atoms with E-state index in [0.717, 1.165) is 44.1 Å². The first-order valence-corrected chi connectivity index (χ1v) is 10.0. The van der Waals surface area contributed by atoms with E-state index < -0.39 is 9.84 Å². The van der Waals surface area contributed by atoms with Crippen molar-refractivity contribution in [2.45, 2.75) is 57.6 Å². The summed E-state index contributed by atoms with van der Waals surface area (Å²) in [5, 5.41) is -0.266. The molecule has 1 aliphatic rings. The maximum Gasteiger partial charge on any atom is 0.152 e. The monoisotopic (exact) mass is 326 g/mol. The van der Waals surface area contributed by atoms with Crippen molar-refractivity contribution in [3.05, 3.63) is 35.6 Å². The third kappa shape index (κ3) is 5.08. The van der Waals surface area contributed by atoms with Gasteiger partial charge in [-0.15, -0.1) is 0 Å². The number of benzene rings is 1. The number of rotatable bonds is 6. The molecule has 124 valence electrons. The van der Waals surface area contributed by atoms with Crippen LogP contribution in [0.4, 0.5) is 4.39 Å². The first-order chi connectivity index (χ1) is 10.4. The predicted octanol–water partition coefficient (Wildman–Crippen LogP) is 4.39. The molecule has 0 aromatic heterocycles. The molecule has 0 saturated heterocycles. The molecule has 1 aromatic carbocycles. The third-order valence-electron chi connectivity index (χ3n) is 4.88. The Labute approximate surface area is 134 Å². The minimum Gasteiger partial charge on any atom is -0.229 e. The molecule has 2 nitrogen and oxygen atoms in total. The molecule has 0 unspecified atom stereocenters. The fourth-order valence-electron chi connectivity index (χ4n) is 3.27. The third-order valence-corrected chi connectivity index (χ3v) is 7.26. The van der Waals surface area contributed by atoms with Crippen LogP contribution in [-0.4, -0.2) is 19.4 Å². The second-order valence-corrected chi connectivity index (χ2v) is 9.54. The van der Waals surface area contributed by atoms with Gasteiger partial charge < -0.3 is 0 Å². The van der Waals surface area contributed by atoms with Crippen molar-refractivity contribution >= 4 is 9.84 Å². The molecular weight excluding hydrogens is 299 g/mol. The van der Waals surface area contributed by atoms with Gasteiger partial charge in [-0.05, 0) is 69.1 Å². The summed E-state index contributed by atoms with van der Waals surface area (Å²) in [5.41, 5.74) is 1.06. The lowest BCUT2D eigenvalue weighted by Gasteiger charge is -2.28. The predicted molar refractivity (Wildman–Crippen MR) is 89.1 cm³/mol. The van der Waals surface area contributed by atoms with Gasteiger partial charge in [-0.1, -0.05) is 25.0 Å². The number of sulfone groups is 1. The lowest BCUT2D eigenvalue weighted by Crippen LogP contribution is -2.26. The van der Waals surface area contributed by atoms with E-state index in [0.29, 0.717) is 17.6 Å². The summed E-state index contributed by atoms with van der Waals surface area (Å²) in [6.45, 7) is 3.53. The average Bonchev–Trinajstić information content (AvgIpc) is 2.46. The van der Waals surface area contributed by atoms with E-state index in [1.54, 1.807) is 26.0 Å². The zero-order valence-corrected chi connectivity index (χ0v) is 14.4. The molecular formula is C18H27FO2S. The highest BCUT2D eigenvalue weighted by Crippen LogP contribution is 2.32. The molecule has 0 aliphatic heterocycles. The summed E-state index contributed by atoms with van der Waals surface area (Å²) in [6, 6.07) is 6.83. The first kappa shape index (κ1) is 17.5.